The van der Waals surface area contributed by atoms with Crippen LogP contribution in [0, 0.1) is 11.8 Å². The first-order valence-corrected chi connectivity index (χ1v) is 7.54. The van der Waals surface area contributed by atoms with Gasteiger partial charge in [-0.3, -0.25) is 4.79 Å². The zero-order valence-electron chi connectivity index (χ0n) is 13.0. The SMILES string of the molecule is CCCC(=O)C(C)c1ccc(C#Cc2ccc(O)cc2)cc1. The Balaban J connectivity index is 2.09. The fraction of sp³-hybridized carbons (Fsp3) is 0.250. The van der Waals surface area contributed by atoms with Crippen molar-refractivity contribution >= 4 is 5.78 Å². The molecule has 0 bridgehead atoms. The van der Waals surface area contributed by atoms with Crippen LogP contribution in [-0.4, -0.2) is 10.9 Å². The molecule has 0 heterocycles. The van der Waals surface area contributed by atoms with Gasteiger partial charge in [-0.05, 0) is 48.4 Å². The van der Waals surface area contributed by atoms with Crippen molar-refractivity contribution in [1.82, 2.24) is 0 Å². The van der Waals surface area contributed by atoms with Gasteiger partial charge in [-0.1, -0.05) is 37.8 Å². The minimum atomic E-state index is -0.0564. The van der Waals surface area contributed by atoms with Gasteiger partial charge in [0, 0.05) is 23.5 Å². The Hall–Kier alpha value is -2.53. The molecule has 1 N–H and O–H groups in total. The Morgan fingerprint density at radius 2 is 1.50 bits per heavy atom. The molecule has 1 unspecified atom stereocenters. The molecule has 112 valence electrons. The van der Waals surface area contributed by atoms with Crippen molar-refractivity contribution in [2.45, 2.75) is 32.6 Å². The number of carbonyl (C=O) groups excluding carboxylic acids is 1. The van der Waals surface area contributed by atoms with E-state index in [2.05, 4.69) is 11.8 Å². The van der Waals surface area contributed by atoms with E-state index in [1.54, 1.807) is 24.3 Å². The lowest BCUT2D eigenvalue weighted by molar-refractivity contribution is -0.120. The normalized spacial score (nSPS) is 11.4. The lowest BCUT2D eigenvalue weighted by Crippen LogP contribution is -2.08. The predicted molar refractivity (Wildman–Crippen MR) is 88.9 cm³/mol. The van der Waals surface area contributed by atoms with Gasteiger partial charge in [-0.25, -0.2) is 0 Å². The third-order valence-corrected chi connectivity index (χ3v) is 3.61. The lowest BCUT2D eigenvalue weighted by atomic mass is 9.93. The maximum atomic E-state index is 11.9. The second-order valence-corrected chi connectivity index (χ2v) is 5.36. The van der Waals surface area contributed by atoms with Gasteiger partial charge >= 0.3 is 0 Å². The van der Waals surface area contributed by atoms with Crippen LogP contribution in [0.5, 0.6) is 5.75 Å². The molecule has 2 aromatic carbocycles. The molecule has 0 aliphatic carbocycles. The molecule has 0 amide bonds. The molecule has 22 heavy (non-hydrogen) atoms. The number of aromatic hydroxyl groups is 1. The molecular formula is C20H20O2. The highest BCUT2D eigenvalue weighted by Crippen LogP contribution is 2.19. The highest BCUT2D eigenvalue weighted by molar-refractivity contribution is 5.85. The van der Waals surface area contributed by atoms with E-state index in [0.717, 1.165) is 23.1 Å². The molecule has 0 saturated heterocycles. The van der Waals surface area contributed by atoms with E-state index in [1.165, 1.54) is 0 Å². The van der Waals surface area contributed by atoms with Crippen LogP contribution in [0.2, 0.25) is 0 Å². The maximum Gasteiger partial charge on any atom is 0.140 e. The molecule has 2 rings (SSSR count). The largest absolute Gasteiger partial charge is 0.508 e. The van der Waals surface area contributed by atoms with Gasteiger partial charge in [0.1, 0.15) is 11.5 Å². The van der Waals surface area contributed by atoms with Crippen LogP contribution in [0.4, 0.5) is 0 Å². The van der Waals surface area contributed by atoms with Crippen molar-refractivity contribution < 1.29 is 9.90 Å². The minimum absolute atomic E-state index is 0.0564. The summed E-state index contributed by atoms with van der Waals surface area (Å²) in [6, 6.07) is 14.6. The molecule has 0 saturated carbocycles. The first-order chi connectivity index (χ1) is 10.6. The van der Waals surface area contributed by atoms with Crippen molar-refractivity contribution in [2.75, 3.05) is 0 Å². The molecular weight excluding hydrogens is 272 g/mol. The van der Waals surface area contributed by atoms with Crippen molar-refractivity contribution in [3.8, 4) is 17.6 Å². The van der Waals surface area contributed by atoms with E-state index in [4.69, 9.17) is 0 Å². The average Bonchev–Trinajstić information content (AvgIpc) is 2.54. The Morgan fingerprint density at radius 1 is 1.00 bits per heavy atom. The number of benzene rings is 2. The zero-order chi connectivity index (χ0) is 15.9. The quantitative estimate of drug-likeness (QED) is 0.855. The van der Waals surface area contributed by atoms with Crippen LogP contribution in [0.1, 0.15) is 49.3 Å². The third-order valence-electron chi connectivity index (χ3n) is 3.61. The molecule has 2 nitrogen and oxygen atoms in total. The Bertz CT molecular complexity index is 685. The summed E-state index contributed by atoms with van der Waals surface area (Å²) in [5.41, 5.74) is 2.80. The van der Waals surface area contributed by atoms with Crippen LogP contribution >= 0.6 is 0 Å². The smallest absolute Gasteiger partial charge is 0.140 e. The molecule has 0 spiro atoms. The number of phenolic OH excluding ortho intramolecular Hbond substituents is 1. The third kappa shape index (κ3) is 4.23. The van der Waals surface area contributed by atoms with Gasteiger partial charge in [0.15, 0.2) is 0 Å². The molecule has 0 aliphatic heterocycles. The molecule has 0 fully saturated rings. The molecule has 0 radical (unpaired) electrons. The molecule has 0 aliphatic rings. The summed E-state index contributed by atoms with van der Waals surface area (Å²) < 4.78 is 0. The van der Waals surface area contributed by atoms with E-state index in [9.17, 15) is 9.90 Å². The minimum Gasteiger partial charge on any atom is -0.508 e. The fourth-order valence-corrected chi connectivity index (χ4v) is 2.19. The zero-order valence-corrected chi connectivity index (χ0v) is 13.0. The highest BCUT2D eigenvalue weighted by atomic mass is 16.3. The van der Waals surface area contributed by atoms with Crippen molar-refractivity contribution in [1.29, 1.82) is 0 Å². The van der Waals surface area contributed by atoms with Crippen molar-refractivity contribution in [2.24, 2.45) is 0 Å². The van der Waals surface area contributed by atoms with Gasteiger partial charge in [0.05, 0.1) is 0 Å². The molecule has 0 aromatic heterocycles. The second-order valence-electron chi connectivity index (χ2n) is 5.36. The van der Waals surface area contributed by atoms with Gasteiger partial charge in [-0.15, -0.1) is 0 Å². The van der Waals surface area contributed by atoms with Crippen molar-refractivity contribution in [3.63, 3.8) is 0 Å². The number of rotatable bonds is 4. The van der Waals surface area contributed by atoms with E-state index in [1.807, 2.05) is 38.1 Å². The average molecular weight is 292 g/mol. The summed E-state index contributed by atoms with van der Waals surface area (Å²) in [7, 11) is 0. The summed E-state index contributed by atoms with van der Waals surface area (Å²) in [6.45, 7) is 3.97. The summed E-state index contributed by atoms with van der Waals surface area (Å²) in [5, 5.41) is 9.23. The summed E-state index contributed by atoms with van der Waals surface area (Å²) >= 11 is 0. The number of ketones is 1. The first-order valence-electron chi connectivity index (χ1n) is 7.54. The van der Waals surface area contributed by atoms with Gasteiger partial charge in [0.25, 0.3) is 0 Å². The molecule has 2 aromatic rings. The van der Waals surface area contributed by atoms with E-state index < -0.39 is 0 Å². The van der Waals surface area contributed by atoms with Crippen LogP contribution in [0.25, 0.3) is 0 Å². The molecule has 2 heteroatoms. The number of hydrogen-bond donors (Lipinski definition) is 1. The van der Waals surface area contributed by atoms with Crippen LogP contribution in [0.15, 0.2) is 48.5 Å². The standard InChI is InChI=1S/C20H20O2/c1-3-4-20(22)15(2)18-11-7-16(8-12-18)5-6-17-9-13-19(21)14-10-17/h7-15,21H,3-4H2,1-2H3. The van der Waals surface area contributed by atoms with Crippen molar-refractivity contribution in [3.05, 3.63) is 65.2 Å². The van der Waals surface area contributed by atoms with Gasteiger partial charge in [0.2, 0.25) is 0 Å². The highest BCUT2D eigenvalue weighted by Gasteiger charge is 2.13. The summed E-state index contributed by atoms with van der Waals surface area (Å²) in [6.07, 6.45) is 1.52. The maximum absolute atomic E-state index is 11.9. The van der Waals surface area contributed by atoms with Gasteiger partial charge in [-0.2, -0.15) is 0 Å². The van der Waals surface area contributed by atoms with Crippen LogP contribution in [0.3, 0.4) is 0 Å². The Morgan fingerprint density at radius 3 is 2.00 bits per heavy atom. The number of hydrogen-bond acceptors (Lipinski definition) is 2. The topological polar surface area (TPSA) is 37.3 Å². The predicted octanol–water partition coefficient (Wildman–Crippen LogP) is 4.26. The Kier molecular flexibility index (Phi) is 5.38. The van der Waals surface area contributed by atoms with Crippen LogP contribution < -0.4 is 0 Å². The summed E-state index contributed by atoms with van der Waals surface area (Å²) in [5.74, 6) is 6.60. The van der Waals surface area contributed by atoms with E-state index in [-0.39, 0.29) is 17.5 Å². The fourth-order valence-electron chi connectivity index (χ4n) is 2.19. The summed E-state index contributed by atoms with van der Waals surface area (Å²) in [4.78, 5) is 11.9. The number of carbonyl (C=O) groups is 1. The monoisotopic (exact) mass is 292 g/mol. The molecule has 1 atom stereocenters. The van der Waals surface area contributed by atoms with Gasteiger partial charge < -0.3 is 5.11 Å². The number of phenols is 1. The Labute approximate surface area is 131 Å². The second kappa shape index (κ2) is 7.47. The lowest BCUT2D eigenvalue weighted by Gasteiger charge is -2.10. The number of Topliss-reactive ketones (excluding diaryl/α,β-unsaturated/α-hetero) is 1. The van der Waals surface area contributed by atoms with E-state index in [0.29, 0.717) is 6.42 Å². The van der Waals surface area contributed by atoms with Crippen LogP contribution in [-0.2, 0) is 4.79 Å². The first kappa shape index (κ1) is 15.9. The van der Waals surface area contributed by atoms with E-state index >= 15 is 0 Å².